The molecule has 60 heavy (non-hydrogen) atoms. The maximum absolute atomic E-state index is 17.9. The molecule has 3 aliphatic rings. The van der Waals surface area contributed by atoms with E-state index in [1.807, 2.05) is 4.90 Å². The van der Waals surface area contributed by atoms with Gasteiger partial charge in [0, 0.05) is 55.7 Å². The third kappa shape index (κ3) is 8.69. The predicted molar refractivity (Wildman–Crippen MR) is 234 cm³/mol. The van der Waals surface area contributed by atoms with Gasteiger partial charge in [0.1, 0.15) is 31.0 Å². The van der Waals surface area contributed by atoms with Crippen LogP contribution in [0.1, 0.15) is 86.1 Å². The van der Waals surface area contributed by atoms with Crippen molar-refractivity contribution in [1.82, 2.24) is 15.3 Å². The summed E-state index contributed by atoms with van der Waals surface area (Å²) in [4.78, 5) is 24.2. The summed E-state index contributed by atoms with van der Waals surface area (Å²) in [5, 5.41) is 17.5. The maximum Gasteiger partial charge on any atom is 0.319 e. The topological polar surface area (TPSA) is 121 Å². The van der Waals surface area contributed by atoms with Crippen LogP contribution in [-0.4, -0.2) is 82.4 Å². The van der Waals surface area contributed by atoms with Gasteiger partial charge in [-0.3, -0.25) is 10.1 Å². The lowest BCUT2D eigenvalue weighted by Gasteiger charge is -2.38. The number of nitro benzene ring substituents is 1. The molecule has 3 aromatic carbocycles. The Labute approximate surface area is 353 Å². The Hall–Kier alpha value is -4.42. The molecule has 0 amide bonds. The van der Waals surface area contributed by atoms with Crippen LogP contribution >= 0.6 is 0 Å². The Morgan fingerprint density at radius 2 is 1.83 bits per heavy atom. The summed E-state index contributed by atoms with van der Waals surface area (Å²) >= 11 is 0. The van der Waals surface area contributed by atoms with E-state index in [1.54, 1.807) is 12.1 Å². The number of hydrogen-bond donors (Lipinski definition) is 1. The van der Waals surface area contributed by atoms with E-state index in [-0.39, 0.29) is 79.7 Å². The number of morpholine rings is 1. The first-order chi connectivity index (χ1) is 28.7. The number of nitro groups is 1. The van der Waals surface area contributed by atoms with Crippen molar-refractivity contribution in [2.45, 2.75) is 103 Å². The van der Waals surface area contributed by atoms with Crippen molar-refractivity contribution in [3.05, 3.63) is 57.6 Å². The van der Waals surface area contributed by atoms with Crippen molar-refractivity contribution in [2.24, 2.45) is 11.3 Å². The van der Waals surface area contributed by atoms with Gasteiger partial charge in [-0.25, -0.2) is 8.78 Å². The lowest BCUT2D eigenvalue weighted by Crippen LogP contribution is -2.43. The van der Waals surface area contributed by atoms with Crippen LogP contribution in [0, 0.1) is 44.5 Å². The van der Waals surface area contributed by atoms with Crippen LogP contribution in [-0.2, 0) is 9.47 Å². The Bertz CT molecular complexity index is 2280. The standard InChI is InChI=1S/C46H59F2N5O6Si/c1-28(2)60(29(3)4,30(5)6)19-13-35-38(47)12-11-32-20-33(59-27-56-8)21-36(40(32)35)41-39(53(54)55)22-37-43(42(41)48)50-45(51-44(37)52-17-9-10-31(7)25-52)58-26-46(14-15-46)23-34-24-49-16-18-57-34/h11-12,20-22,28-31,34,49H,9-10,14-18,23-27H2,1-8H3. The first-order valence-corrected chi connectivity index (χ1v) is 23.7. The Morgan fingerprint density at radius 3 is 2.47 bits per heavy atom. The van der Waals surface area contributed by atoms with Crippen LogP contribution < -0.4 is 19.7 Å². The molecule has 4 aromatic rings. The fourth-order valence-electron chi connectivity index (χ4n) is 9.85. The van der Waals surface area contributed by atoms with Gasteiger partial charge in [0.05, 0.1) is 40.8 Å². The van der Waals surface area contributed by atoms with E-state index in [4.69, 9.17) is 23.9 Å². The van der Waals surface area contributed by atoms with E-state index in [2.05, 4.69) is 70.2 Å². The smallest absolute Gasteiger partial charge is 0.319 e. The van der Waals surface area contributed by atoms with Crippen molar-refractivity contribution < 1.29 is 32.7 Å². The molecule has 2 aliphatic heterocycles. The largest absolute Gasteiger partial charge is 0.468 e. The normalized spacial score (nSPS) is 19.2. The van der Waals surface area contributed by atoms with Crippen molar-refractivity contribution in [1.29, 1.82) is 0 Å². The van der Waals surface area contributed by atoms with Crippen LogP contribution in [0.4, 0.5) is 20.3 Å². The van der Waals surface area contributed by atoms with Gasteiger partial charge in [0.25, 0.3) is 5.69 Å². The molecule has 11 nitrogen and oxygen atoms in total. The number of halogens is 2. The fraction of sp³-hybridized carbons (Fsp3) is 0.565. The van der Waals surface area contributed by atoms with E-state index in [1.165, 1.54) is 25.3 Å². The summed E-state index contributed by atoms with van der Waals surface area (Å²) in [6.07, 6.45) is 4.73. The molecule has 0 spiro atoms. The number of ether oxygens (including phenoxy) is 4. The molecular weight excluding hydrogens is 785 g/mol. The zero-order valence-corrected chi connectivity index (χ0v) is 37.3. The number of fused-ring (bicyclic) bond motifs is 2. The zero-order chi connectivity index (χ0) is 42.9. The van der Waals surface area contributed by atoms with Crippen LogP contribution in [0.2, 0.25) is 16.6 Å². The number of hydrogen-bond acceptors (Lipinski definition) is 10. The third-order valence-corrected chi connectivity index (χ3v) is 19.4. The molecule has 1 N–H and O–H groups in total. The van der Waals surface area contributed by atoms with E-state index < -0.39 is 30.3 Å². The Kier molecular flexibility index (Phi) is 13.0. The molecule has 3 heterocycles. The predicted octanol–water partition coefficient (Wildman–Crippen LogP) is 9.96. The molecule has 2 atom stereocenters. The summed E-state index contributed by atoms with van der Waals surface area (Å²) in [7, 11) is -0.912. The van der Waals surface area contributed by atoms with Gasteiger partial charge in [-0.2, -0.15) is 9.97 Å². The van der Waals surface area contributed by atoms with Gasteiger partial charge in [-0.05, 0) is 78.2 Å². The number of anilines is 1. The molecule has 2 saturated heterocycles. The highest BCUT2D eigenvalue weighted by Gasteiger charge is 2.46. The maximum atomic E-state index is 17.9. The van der Waals surface area contributed by atoms with Gasteiger partial charge in [0.2, 0.25) is 0 Å². The summed E-state index contributed by atoms with van der Waals surface area (Å²) in [5.74, 6) is 2.69. The van der Waals surface area contributed by atoms with Crippen molar-refractivity contribution >= 4 is 41.3 Å². The summed E-state index contributed by atoms with van der Waals surface area (Å²) in [5.41, 5.74) is 3.43. The molecule has 2 unspecified atom stereocenters. The Balaban J connectivity index is 1.46. The number of nitrogens with one attached hydrogen (secondary N) is 1. The Morgan fingerprint density at radius 1 is 1.08 bits per heavy atom. The highest BCUT2D eigenvalue weighted by Crippen LogP contribution is 2.51. The molecule has 1 aliphatic carbocycles. The zero-order valence-electron chi connectivity index (χ0n) is 36.3. The van der Waals surface area contributed by atoms with Crippen LogP contribution in [0.3, 0.4) is 0 Å². The highest BCUT2D eigenvalue weighted by atomic mass is 28.3. The van der Waals surface area contributed by atoms with Crippen molar-refractivity contribution in [2.75, 3.05) is 58.2 Å². The van der Waals surface area contributed by atoms with Gasteiger partial charge in [-0.15, -0.1) is 5.54 Å². The first-order valence-electron chi connectivity index (χ1n) is 21.5. The molecular formula is C46H59F2N5O6Si. The third-order valence-electron chi connectivity index (χ3n) is 13.1. The summed E-state index contributed by atoms with van der Waals surface area (Å²) in [6, 6.07) is 7.45. The van der Waals surface area contributed by atoms with Crippen LogP contribution in [0.5, 0.6) is 11.8 Å². The number of aromatic nitrogens is 2. The van der Waals surface area contributed by atoms with E-state index >= 15 is 8.78 Å². The lowest BCUT2D eigenvalue weighted by molar-refractivity contribution is -0.384. The van der Waals surface area contributed by atoms with Gasteiger partial charge >= 0.3 is 6.01 Å². The molecule has 1 aromatic heterocycles. The minimum Gasteiger partial charge on any atom is -0.468 e. The fourth-order valence-corrected chi connectivity index (χ4v) is 15.1. The monoisotopic (exact) mass is 843 g/mol. The van der Waals surface area contributed by atoms with Gasteiger partial charge in [0.15, 0.2) is 12.6 Å². The molecule has 0 bridgehead atoms. The van der Waals surface area contributed by atoms with Crippen LogP contribution in [0.15, 0.2) is 30.3 Å². The molecule has 3 fully saturated rings. The van der Waals surface area contributed by atoms with Crippen molar-refractivity contribution in [3.63, 3.8) is 0 Å². The minimum atomic E-state index is -2.38. The molecule has 14 heteroatoms. The molecule has 7 rings (SSSR count). The number of benzene rings is 3. The number of rotatable bonds is 14. The summed E-state index contributed by atoms with van der Waals surface area (Å²) in [6.45, 7) is 18.9. The van der Waals surface area contributed by atoms with E-state index in [0.29, 0.717) is 43.4 Å². The summed E-state index contributed by atoms with van der Waals surface area (Å²) < 4.78 is 57.8. The quantitative estimate of drug-likeness (QED) is 0.0432. The minimum absolute atomic E-state index is 0.000355. The van der Waals surface area contributed by atoms with E-state index in [9.17, 15) is 10.1 Å². The van der Waals surface area contributed by atoms with Gasteiger partial charge in [-0.1, -0.05) is 60.5 Å². The number of methoxy groups -OCH3 is 1. The molecule has 0 radical (unpaired) electrons. The molecule has 322 valence electrons. The number of piperidine rings is 1. The van der Waals surface area contributed by atoms with Crippen molar-refractivity contribution in [3.8, 4) is 34.4 Å². The molecule has 1 saturated carbocycles. The second-order valence-corrected chi connectivity index (χ2v) is 23.7. The second-order valence-electron chi connectivity index (χ2n) is 18.1. The van der Waals surface area contributed by atoms with Crippen LogP contribution in [0.25, 0.3) is 32.8 Å². The second kappa shape index (κ2) is 17.9. The van der Waals surface area contributed by atoms with E-state index in [0.717, 1.165) is 45.2 Å². The first kappa shape index (κ1) is 43.7. The SMILES string of the molecule is COCOc1cc(-c2c([N+](=O)[O-])cc3c(N4CCCC(C)C4)nc(OCC4(CC5CNCCO5)CC4)nc3c2F)c2c(C#C[Si](C(C)C)(C(C)C)C(C)C)c(F)ccc2c1. The average molecular weight is 844 g/mol. The lowest BCUT2D eigenvalue weighted by atomic mass is 9.91. The van der Waals surface area contributed by atoms with Gasteiger partial charge < -0.3 is 29.2 Å². The average Bonchev–Trinajstić information content (AvgIpc) is 3.98. The number of nitrogens with zero attached hydrogens (tertiary/aromatic N) is 4. The highest BCUT2D eigenvalue weighted by molar-refractivity contribution is 6.90.